The summed E-state index contributed by atoms with van der Waals surface area (Å²) in [6.07, 6.45) is 0. The van der Waals surface area contributed by atoms with Crippen LogP contribution in [0.2, 0.25) is 0 Å². The van der Waals surface area contributed by atoms with Crippen molar-refractivity contribution in [3.63, 3.8) is 0 Å². The highest BCUT2D eigenvalue weighted by molar-refractivity contribution is 6.06. The van der Waals surface area contributed by atoms with Gasteiger partial charge in [0, 0.05) is 21.9 Å². The van der Waals surface area contributed by atoms with Crippen LogP contribution < -0.4 is 10.6 Å². The molecule has 0 heterocycles. The van der Waals surface area contributed by atoms with Crippen LogP contribution in [0.1, 0.15) is 0 Å². The maximum Gasteiger partial charge on any atom is 0.0623 e. The molecule has 0 fully saturated rings. The fourth-order valence-corrected chi connectivity index (χ4v) is 5.50. The number of hydrogen-bond donors (Lipinski definition) is 2. The fourth-order valence-electron chi connectivity index (χ4n) is 5.50. The van der Waals surface area contributed by atoms with E-state index in [9.17, 15) is 0 Å². The minimum Gasteiger partial charge on any atom is -0.353 e. The molecule has 0 amide bonds. The Hall–Kier alpha value is -5.34. The number of rotatable bonds is 6. The van der Waals surface area contributed by atoms with Crippen molar-refractivity contribution in [3.05, 3.63) is 158 Å². The Bertz CT molecular complexity index is 1800. The monoisotopic (exact) mass is 512 g/mol. The number of fused-ring (bicyclic) bond motifs is 2. The average molecular weight is 513 g/mol. The van der Waals surface area contributed by atoms with Crippen LogP contribution in [0.25, 0.3) is 43.8 Å². The molecule has 0 saturated heterocycles. The molecule has 7 aromatic rings. The third kappa shape index (κ3) is 4.46. The first-order valence-corrected chi connectivity index (χ1v) is 13.6. The van der Waals surface area contributed by atoms with Gasteiger partial charge >= 0.3 is 0 Å². The van der Waals surface area contributed by atoms with Crippen LogP contribution in [0.5, 0.6) is 0 Å². The fraction of sp³-hybridized carbons (Fsp3) is 0. The molecule has 2 nitrogen and oxygen atoms in total. The van der Waals surface area contributed by atoms with Crippen LogP contribution in [0.3, 0.4) is 0 Å². The Morgan fingerprint density at radius 1 is 0.300 bits per heavy atom. The van der Waals surface area contributed by atoms with Gasteiger partial charge in [0.1, 0.15) is 0 Å². The van der Waals surface area contributed by atoms with Crippen LogP contribution in [0.15, 0.2) is 158 Å². The van der Waals surface area contributed by atoms with Gasteiger partial charge in [-0.05, 0) is 34.0 Å². The summed E-state index contributed by atoms with van der Waals surface area (Å²) < 4.78 is 0. The van der Waals surface area contributed by atoms with E-state index >= 15 is 0 Å². The lowest BCUT2D eigenvalue weighted by molar-refractivity contribution is 1.51. The normalized spacial score (nSPS) is 11.0. The summed E-state index contributed by atoms with van der Waals surface area (Å²) in [6, 6.07) is 55.6. The molecule has 7 rings (SSSR count). The van der Waals surface area contributed by atoms with E-state index in [1.54, 1.807) is 0 Å². The van der Waals surface area contributed by atoms with E-state index in [0.717, 1.165) is 22.7 Å². The van der Waals surface area contributed by atoms with Crippen molar-refractivity contribution in [2.24, 2.45) is 0 Å². The first-order chi connectivity index (χ1) is 19.8. The zero-order valence-corrected chi connectivity index (χ0v) is 22.0. The van der Waals surface area contributed by atoms with Gasteiger partial charge in [-0.15, -0.1) is 0 Å². The first kappa shape index (κ1) is 23.8. The SMILES string of the molecule is c1ccc(-c2ccc3ccccc3c2Nc2ccccc2Nc2c(-c3ccccc3)ccc3ccccc23)cc1. The molecular weight excluding hydrogens is 484 g/mol. The largest absolute Gasteiger partial charge is 0.353 e. The quantitative estimate of drug-likeness (QED) is 0.231. The highest BCUT2D eigenvalue weighted by Gasteiger charge is 2.15. The van der Waals surface area contributed by atoms with Crippen LogP contribution in [-0.4, -0.2) is 0 Å². The van der Waals surface area contributed by atoms with E-state index < -0.39 is 0 Å². The first-order valence-electron chi connectivity index (χ1n) is 13.6. The van der Waals surface area contributed by atoms with Gasteiger partial charge in [0.05, 0.1) is 22.7 Å². The van der Waals surface area contributed by atoms with Gasteiger partial charge in [-0.2, -0.15) is 0 Å². The van der Waals surface area contributed by atoms with Crippen molar-refractivity contribution in [2.75, 3.05) is 10.6 Å². The van der Waals surface area contributed by atoms with Crippen molar-refractivity contribution in [3.8, 4) is 22.3 Å². The average Bonchev–Trinajstić information content (AvgIpc) is 3.03. The lowest BCUT2D eigenvalue weighted by Gasteiger charge is -2.21. The van der Waals surface area contributed by atoms with Gasteiger partial charge < -0.3 is 10.6 Å². The molecule has 0 spiro atoms. The third-order valence-corrected chi connectivity index (χ3v) is 7.47. The molecule has 190 valence electrons. The third-order valence-electron chi connectivity index (χ3n) is 7.47. The second kappa shape index (κ2) is 10.4. The van der Waals surface area contributed by atoms with E-state index in [1.165, 1.54) is 43.8 Å². The Balaban J connectivity index is 1.38. The van der Waals surface area contributed by atoms with Crippen molar-refractivity contribution >= 4 is 44.3 Å². The molecule has 40 heavy (non-hydrogen) atoms. The zero-order chi connectivity index (χ0) is 26.7. The summed E-state index contributed by atoms with van der Waals surface area (Å²) >= 11 is 0. The Morgan fingerprint density at radius 3 is 1.12 bits per heavy atom. The summed E-state index contributed by atoms with van der Waals surface area (Å²) in [5, 5.41) is 12.5. The smallest absolute Gasteiger partial charge is 0.0623 e. The molecular formula is C38H28N2. The summed E-state index contributed by atoms with van der Waals surface area (Å²) in [5.41, 5.74) is 8.93. The van der Waals surface area contributed by atoms with Crippen molar-refractivity contribution in [1.29, 1.82) is 0 Å². The standard InChI is InChI=1S/C38H28N2/c1-3-13-27(14-4-1)33-25-23-29-17-7-9-19-31(29)37(33)39-35-21-11-12-22-36(35)40-38-32-20-10-8-18-30(32)24-26-34(38)28-15-5-2-6-16-28/h1-26,39-40H. The van der Waals surface area contributed by atoms with Gasteiger partial charge in [0.15, 0.2) is 0 Å². The van der Waals surface area contributed by atoms with E-state index in [0.29, 0.717) is 0 Å². The second-order valence-corrected chi connectivity index (χ2v) is 9.95. The summed E-state index contributed by atoms with van der Waals surface area (Å²) in [6.45, 7) is 0. The Kier molecular flexibility index (Phi) is 6.20. The van der Waals surface area contributed by atoms with Crippen molar-refractivity contribution < 1.29 is 0 Å². The Labute approximate surface area is 234 Å². The van der Waals surface area contributed by atoms with Crippen molar-refractivity contribution in [2.45, 2.75) is 0 Å². The lowest BCUT2D eigenvalue weighted by atomic mass is 9.97. The van der Waals surface area contributed by atoms with Gasteiger partial charge in [0.25, 0.3) is 0 Å². The van der Waals surface area contributed by atoms with E-state index in [4.69, 9.17) is 0 Å². The minimum atomic E-state index is 1.02. The number of para-hydroxylation sites is 2. The predicted molar refractivity (Wildman–Crippen MR) is 172 cm³/mol. The highest BCUT2D eigenvalue weighted by atomic mass is 15.0. The van der Waals surface area contributed by atoms with Crippen LogP contribution in [0, 0.1) is 0 Å². The van der Waals surface area contributed by atoms with Gasteiger partial charge in [-0.25, -0.2) is 0 Å². The molecule has 0 unspecified atom stereocenters. The zero-order valence-electron chi connectivity index (χ0n) is 22.0. The van der Waals surface area contributed by atoms with E-state index in [2.05, 4.69) is 168 Å². The van der Waals surface area contributed by atoms with Crippen LogP contribution >= 0.6 is 0 Å². The van der Waals surface area contributed by atoms with Gasteiger partial charge in [-0.3, -0.25) is 0 Å². The number of nitrogens with one attached hydrogen (secondary N) is 2. The predicted octanol–water partition coefficient (Wildman–Crippen LogP) is 10.8. The maximum atomic E-state index is 3.85. The molecule has 0 aliphatic rings. The molecule has 0 aliphatic carbocycles. The van der Waals surface area contributed by atoms with Gasteiger partial charge in [0.2, 0.25) is 0 Å². The second-order valence-electron chi connectivity index (χ2n) is 9.95. The van der Waals surface area contributed by atoms with Crippen LogP contribution in [-0.2, 0) is 0 Å². The van der Waals surface area contributed by atoms with E-state index in [-0.39, 0.29) is 0 Å². The topological polar surface area (TPSA) is 24.1 Å². The molecule has 0 atom stereocenters. The number of benzene rings is 7. The highest BCUT2D eigenvalue weighted by Crippen LogP contribution is 2.41. The van der Waals surface area contributed by atoms with Gasteiger partial charge in [-0.1, -0.05) is 146 Å². The lowest BCUT2D eigenvalue weighted by Crippen LogP contribution is -2.01. The molecule has 0 radical (unpaired) electrons. The molecule has 0 saturated carbocycles. The van der Waals surface area contributed by atoms with E-state index in [1.807, 2.05) is 0 Å². The number of hydrogen-bond acceptors (Lipinski definition) is 2. The number of anilines is 4. The maximum absolute atomic E-state index is 3.85. The Morgan fingerprint density at radius 2 is 0.675 bits per heavy atom. The minimum absolute atomic E-state index is 1.02. The van der Waals surface area contributed by atoms with Crippen LogP contribution in [0.4, 0.5) is 22.7 Å². The summed E-state index contributed by atoms with van der Waals surface area (Å²) in [4.78, 5) is 0. The summed E-state index contributed by atoms with van der Waals surface area (Å²) in [5.74, 6) is 0. The molecule has 0 aliphatic heterocycles. The molecule has 7 aromatic carbocycles. The molecule has 0 aromatic heterocycles. The van der Waals surface area contributed by atoms with Crippen molar-refractivity contribution in [1.82, 2.24) is 0 Å². The molecule has 0 bridgehead atoms. The molecule has 2 N–H and O–H groups in total. The molecule has 2 heteroatoms. The summed E-state index contributed by atoms with van der Waals surface area (Å²) in [7, 11) is 0.